The molecule has 6 heteroatoms. The molecule has 0 radical (unpaired) electrons. The summed E-state index contributed by atoms with van der Waals surface area (Å²) in [5.41, 5.74) is -1.99. The fourth-order valence-corrected chi connectivity index (χ4v) is 3.35. The van der Waals surface area contributed by atoms with Gasteiger partial charge in [0.2, 0.25) is 5.79 Å². The van der Waals surface area contributed by atoms with Crippen molar-refractivity contribution < 1.29 is 30.6 Å². The Kier molecular flexibility index (Phi) is 3.46. The van der Waals surface area contributed by atoms with Crippen LogP contribution in [0.2, 0.25) is 0 Å². The third-order valence-electron chi connectivity index (χ3n) is 4.66. The first-order valence-corrected chi connectivity index (χ1v) is 6.53. The topological polar surface area (TPSA) is 121 Å². The Morgan fingerprint density at radius 2 is 1.33 bits per heavy atom. The first kappa shape index (κ1) is 14.2. The SMILES string of the molecule is OC1CCC(O)(C2CCCCC2)C(O)(O)C1(O)O. The summed E-state index contributed by atoms with van der Waals surface area (Å²) < 4.78 is 0. The molecular weight excluding hydrogens is 240 g/mol. The Bertz CT molecular complexity index is 310. The quantitative estimate of drug-likeness (QED) is 0.331. The van der Waals surface area contributed by atoms with E-state index in [1.807, 2.05) is 0 Å². The minimum absolute atomic E-state index is 0.0608. The maximum Gasteiger partial charge on any atom is 0.251 e. The second-order valence-electron chi connectivity index (χ2n) is 5.71. The van der Waals surface area contributed by atoms with Gasteiger partial charge in [0, 0.05) is 0 Å². The van der Waals surface area contributed by atoms with Gasteiger partial charge in [-0.1, -0.05) is 19.3 Å². The summed E-state index contributed by atoms with van der Waals surface area (Å²) in [5.74, 6) is -6.63. The molecule has 6 N–H and O–H groups in total. The maximum atomic E-state index is 10.5. The van der Waals surface area contributed by atoms with Crippen LogP contribution in [0.3, 0.4) is 0 Å². The molecule has 2 saturated carbocycles. The van der Waals surface area contributed by atoms with Crippen LogP contribution in [0.5, 0.6) is 0 Å². The molecule has 2 atom stereocenters. The van der Waals surface area contributed by atoms with Crippen molar-refractivity contribution in [1.29, 1.82) is 0 Å². The molecule has 0 heterocycles. The lowest BCUT2D eigenvalue weighted by molar-refractivity contribution is -0.453. The summed E-state index contributed by atoms with van der Waals surface area (Å²) in [5, 5.41) is 59.4. The molecule has 2 rings (SSSR count). The monoisotopic (exact) mass is 262 g/mol. The van der Waals surface area contributed by atoms with E-state index in [0.29, 0.717) is 12.8 Å². The lowest BCUT2D eigenvalue weighted by Gasteiger charge is -2.55. The summed E-state index contributed by atoms with van der Waals surface area (Å²) in [7, 11) is 0. The summed E-state index contributed by atoms with van der Waals surface area (Å²) in [6.07, 6.45) is 2.18. The van der Waals surface area contributed by atoms with Gasteiger partial charge in [0.05, 0.1) is 0 Å². The molecule has 2 aliphatic carbocycles. The third kappa shape index (κ3) is 1.79. The van der Waals surface area contributed by atoms with Crippen LogP contribution in [0.25, 0.3) is 0 Å². The molecule has 106 valence electrons. The zero-order chi connectivity index (χ0) is 13.6. The van der Waals surface area contributed by atoms with E-state index < -0.39 is 29.2 Å². The molecule has 0 saturated heterocycles. The van der Waals surface area contributed by atoms with Gasteiger partial charge in [0.15, 0.2) is 0 Å². The smallest absolute Gasteiger partial charge is 0.251 e. The van der Waals surface area contributed by atoms with Crippen molar-refractivity contribution in [3.8, 4) is 0 Å². The maximum absolute atomic E-state index is 10.5. The molecule has 2 fully saturated rings. The molecular formula is C12H22O6. The number of aliphatic hydroxyl groups is 6. The highest BCUT2D eigenvalue weighted by Gasteiger charge is 2.69. The molecule has 6 nitrogen and oxygen atoms in total. The molecule has 0 spiro atoms. The van der Waals surface area contributed by atoms with Crippen molar-refractivity contribution in [1.82, 2.24) is 0 Å². The van der Waals surface area contributed by atoms with Gasteiger partial charge < -0.3 is 30.6 Å². The zero-order valence-electron chi connectivity index (χ0n) is 10.3. The number of hydrogen-bond acceptors (Lipinski definition) is 6. The fourth-order valence-electron chi connectivity index (χ4n) is 3.35. The minimum Gasteiger partial charge on any atom is -0.387 e. The molecule has 2 aliphatic rings. The summed E-state index contributed by atoms with van der Waals surface area (Å²) in [6, 6.07) is 0. The van der Waals surface area contributed by atoms with Crippen LogP contribution in [0.4, 0.5) is 0 Å². The van der Waals surface area contributed by atoms with E-state index in [1.165, 1.54) is 0 Å². The van der Waals surface area contributed by atoms with Gasteiger partial charge in [0.1, 0.15) is 11.7 Å². The van der Waals surface area contributed by atoms with Gasteiger partial charge in [0.25, 0.3) is 5.79 Å². The Hall–Kier alpha value is -0.240. The van der Waals surface area contributed by atoms with Crippen molar-refractivity contribution in [2.75, 3.05) is 0 Å². The van der Waals surface area contributed by atoms with E-state index in [4.69, 9.17) is 0 Å². The van der Waals surface area contributed by atoms with E-state index in [-0.39, 0.29) is 12.8 Å². The van der Waals surface area contributed by atoms with Crippen molar-refractivity contribution >= 4 is 0 Å². The average molecular weight is 262 g/mol. The van der Waals surface area contributed by atoms with Gasteiger partial charge in [-0.25, -0.2) is 0 Å². The second kappa shape index (κ2) is 4.40. The van der Waals surface area contributed by atoms with Crippen LogP contribution in [0.15, 0.2) is 0 Å². The minimum atomic E-state index is -3.13. The van der Waals surface area contributed by atoms with E-state index in [1.54, 1.807) is 0 Å². The van der Waals surface area contributed by atoms with E-state index in [9.17, 15) is 30.6 Å². The molecule has 0 aromatic rings. The standard InChI is InChI=1S/C12H22O6/c13-9-6-7-10(14,8-4-2-1-3-5-8)12(17,18)11(9,15)16/h8-9,13-18H,1-7H2. The molecule has 0 aromatic heterocycles. The van der Waals surface area contributed by atoms with Gasteiger partial charge in [-0.3, -0.25) is 0 Å². The van der Waals surface area contributed by atoms with Crippen LogP contribution >= 0.6 is 0 Å². The van der Waals surface area contributed by atoms with Gasteiger partial charge in [-0.15, -0.1) is 0 Å². The highest BCUT2D eigenvalue weighted by atomic mass is 16.6. The van der Waals surface area contributed by atoms with Crippen molar-refractivity contribution in [2.45, 2.75) is 68.2 Å². The average Bonchev–Trinajstić information content (AvgIpc) is 2.34. The van der Waals surface area contributed by atoms with Gasteiger partial charge >= 0.3 is 0 Å². The molecule has 0 amide bonds. The lowest BCUT2D eigenvalue weighted by Crippen LogP contribution is -2.76. The predicted octanol–water partition coefficient (Wildman–Crippen LogP) is -1.19. The Morgan fingerprint density at radius 3 is 1.89 bits per heavy atom. The van der Waals surface area contributed by atoms with E-state index in [2.05, 4.69) is 0 Å². The Morgan fingerprint density at radius 1 is 0.778 bits per heavy atom. The van der Waals surface area contributed by atoms with Crippen LogP contribution < -0.4 is 0 Å². The molecule has 0 aliphatic heterocycles. The molecule has 0 bridgehead atoms. The van der Waals surface area contributed by atoms with Crippen molar-refractivity contribution in [2.24, 2.45) is 5.92 Å². The van der Waals surface area contributed by atoms with Gasteiger partial charge in [-0.2, -0.15) is 0 Å². The molecule has 0 aromatic carbocycles. The van der Waals surface area contributed by atoms with E-state index >= 15 is 0 Å². The highest BCUT2D eigenvalue weighted by molar-refractivity contribution is 5.10. The molecule has 2 unspecified atom stereocenters. The molecule has 18 heavy (non-hydrogen) atoms. The summed E-state index contributed by atoms with van der Waals surface area (Å²) in [6.45, 7) is 0. The third-order valence-corrected chi connectivity index (χ3v) is 4.66. The number of hydrogen-bond donors (Lipinski definition) is 6. The fraction of sp³-hybridized carbons (Fsp3) is 1.00. The largest absolute Gasteiger partial charge is 0.387 e. The predicted molar refractivity (Wildman–Crippen MR) is 61.1 cm³/mol. The Labute approximate surface area is 106 Å². The van der Waals surface area contributed by atoms with E-state index in [0.717, 1.165) is 19.3 Å². The second-order valence-corrected chi connectivity index (χ2v) is 5.71. The van der Waals surface area contributed by atoms with Crippen molar-refractivity contribution in [3.63, 3.8) is 0 Å². The zero-order valence-corrected chi connectivity index (χ0v) is 10.3. The number of rotatable bonds is 1. The first-order chi connectivity index (χ1) is 8.23. The first-order valence-electron chi connectivity index (χ1n) is 6.53. The lowest BCUT2D eigenvalue weighted by atomic mass is 9.64. The van der Waals surface area contributed by atoms with Gasteiger partial charge in [-0.05, 0) is 31.6 Å². The number of aliphatic hydroxyl groups excluding tert-OH is 1. The summed E-state index contributed by atoms with van der Waals surface area (Å²) >= 11 is 0. The van der Waals surface area contributed by atoms with Crippen LogP contribution in [-0.2, 0) is 0 Å². The Balaban J connectivity index is 2.31. The van der Waals surface area contributed by atoms with Crippen molar-refractivity contribution in [3.05, 3.63) is 0 Å². The highest BCUT2D eigenvalue weighted by Crippen LogP contribution is 2.49. The van der Waals surface area contributed by atoms with Crippen LogP contribution in [0.1, 0.15) is 44.9 Å². The van der Waals surface area contributed by atoms with Crippen LogP contribution in [-0.4, -0.2) is 53.9 Å². The van der Waals surface area contributed by atoms with Crippen LogP contribution in [0, 0.1) is 5.92 Å². The normalized spacial score (nSPS) is 40.7. The summed E-state index contributed by atoms with van der Waals surface area (Å²) in [4.78, 5) is 0.